The molecule has 1 aliphatic rings. The van der Waals surface area contributed by atoms with Gasteiger partial charge in [0.1, 0.15) is 0 Å². The van der Waals surface area contributed by atoms with Gasteiger partial charge in [-0.05, 0) is 6.92 Å². The maximum absolute atomic E-state index is 9.20. The number of ether oxygens (including phenoxy) is 2. The van der Waals surface area contributed by atoms with Crippen LogP contribution in [0.15, 0.2) is 0 Å². The van der Waals surface area contributed by atoms with Gasteiger partial charge in [0.05, 0.1) is 12.2 Å². The van der Waals surface area contributed by atoms with E-state index in [-0.39, 0.29) is 12.2 Å². The highest BCUT2D eigenvalue weighted by Crippen LogP contribution is 2.25. The third-order valence-electron chi connectivity index (χ3n) is 2.44. The summed E-state index contributed by atoms with van der Waals surface area (Å²) in [6, 6.07) is 0. The van der Waals surface area contributed by atoms with Crippen molar-refractivity contribution >= 4 is 0 Å². The minimum atomic E-state index is -0.647. The lowest BCUT2D eigenvalue weighted by Gasteiger charge is -2.35. The van der Waals surface area contributed by atoms with Crippen molar-refractivity contribution in [3.8, 4) is 0 Å². The van der Waals surface area contributed by atoms with Crippen LogP contribution < -0.4 is 0 Å². The molecule has 0 amide bonds. The molecule has 0 radical (unpaired) electrons. The predicted molar refractivity (Wildman–Crippen MR) is 41.1 cm³/mol. The van der Waals surface area contributed by atoms with Crippen LogP contribution in [0.25, 0.3) is 0 Å². The van der Waals surface area contributed by atoms with E-state index in [4.69, 9.17) is 9.47 Å². The van der Waals surface area contributed by atoms with Crippen molar-refractivity contribution in [3.63, 3.8) is 0 Å². The van der Waals surface area contributed by atoms with Gasteiger partial charge in [0.15, 0.2) is 6.29 Å². The molecule has 3 nitrogen and oxygen atoms in total. The van der Waals surface area contributed by atoms with Crippen molar-refractivity contribution in [3.05, 3.63) is 0 Å². The fourth-order valence-electron chi connectivity index (χ4n) is 1.45. The van der Waals surface area contributed by atoms with E-state index in [1.54, 1.807) is 7.11 Å². The Labute approximate surface area is 67.3 Å². The number of rotatable bonds is 1. The van der Waals surface area contributed by atoms with E-state index in [0.29, 0.717) is 12.3 Å². The first kappa shape index (κ1) is 8.97. The Morgan fingerprint density at radius 3 is 2.64 bits per heavy atom. The van der Waals surface area contributed by atoms with Crippen LogP contribution in [0.3, 0.4) is 0 Å². The summed E-state index contributed by atoms with van der Waals surface area (Å²) in [7, 11) is 1.67. The molecule has 3 heteroatoms. The normalized spacial score (nSPS) is 45.8. The second-order valence-corrected chi connectivity index (χ2v) is 3.16. The largest absolute Gasteiger partial charge is 0.381 e. The smallest absolute Gasteiger partial charge is 0.157 e. The van der Waals surface area contributed by atoms with E-state index in [1.165, 1.54) is 0 Å². The van der Waals surface area contributed by atoms with Crippen LogP contribution in [0.1, 0.15) is 20.3 Å². The van der Waals surface area contributed by atoms with Gasteiger partial charge in [-0.3, -0.25) is 0 Å². The van der Waals surface area contributed by atoms with Crippen molar-refractivity contribution in [1.29, 1.82) is 0 Å². The van der Waals surface area contributed by atoms with E-state index in [0.717, 1.165) is 0 Å². The lowest BCUT2D eigenvalue weighted by atomic mass is 9.93. The van der Waals surface area contributed by atoms with Crippen LogP contribution in [0.5, 0.6) is 0 Å². The summed E-state index contributed by atoms with van der Waals surface area (Å²) in [5.41, 5.74) is 0. The second kappa shape index (κ2) is 3.52. The summed E-state index contributed by atoms with van der Waals surface area (Å²) in [4.78, 5) is 0. The van der Waals surface area contributed by atoms with E-state index in [9.17, 15) is 5.11 Å². The number of methoxy groups -OCH3 is 1. The molecule has 0 saturated carbocycles. The summed E-state index contributed by atoms with van der Waals surface area (Å²) in [5, 5.41) is 9.20. The van der Waals surface area contributed by atoms with Gasteiger partial charge < -0.3 is 14.6 Å². The summed E-state index contributed by atoms with van der Waals surface area (Å²) >= 11 is 0. The molecule has 0 aliphatic carbocycles. The Kier molecular flexibility index (Phi) is 2.87. The topological polar surface area (TPSA) is 38.7 Å². The molecule has 0 aromatic rings. The van der Waals surface area contributed by atoms with Crippen molar-refractivity contribution in [2.24, 2.45) is 5.92 Å². The summed E-state index contributed by atoms with van der Waals surface area (Å²) in [5.74, 6) is 0.364. The van der Waals surface area contributed by atoms with Gasteiger partial charge in [-0.2, -0.15) is 0 Å². The first-order valence-electron chi connectivity index (χ1n) is 4.01. The highest BCUT2D eigenvalue weighted by molar-refractivity contribution is 4.77. The van der Waals surface area contributed by atoms with Gasteiger partial charge in [0.25, 0.3) is 0 Å². The Bertz CT molecular complexity index is 127. The molecule has 0 unspecified atom stereocenters. The molecular weight excluding hydrogens is 144 g/mol. The molecule has 1 rings (SSSR count). The minimum Gasteiger partial charge on any atom is -0.381 e. The van der Waals surface area contributed by atoms with Crippen LogP contribution in [-0.4, -0.2) is 30.7 Å². The van der Waals surface area contributed by atoms with Gasteiger partial charge in [-0.1, -0.05) is 6.92 Å². The zero-order valence-electron chi connectivity index (χ0n) is 7.28. The van der Waals surface area contributed by atoms with Gasteiger partial charge in [0, 0.05) is 19.4 Å². The fraction of sp³-hybridized carbons (Fsp3) is 1.00. The third-order valence-corrected chi connectivity index (χ3v) is 2.44. The first-order valence-corrected chi connectivity index (χ1v) is 4.01. The Morgan fingerprint density at radius 2 is 2.09 bits per heavy atom. The Balaban J connectivity index is 2.51. The van der Waals surface area contributed by atoms with Crippen molar-refractivity contribution in [2.45, 2.75) is 38.8 Å². The molecule has 11 heavy (non-hydrogen) atoms. The zero-order valence-corrected chi connectivity index (χ0v) is 7.28. The first-order chi connectivity index (χ1) is 5.15. The van der Waals surface area contributed by atoms with E-state index in [2.05, 4.69) is 6.92 Å². The molecule has 0 aromatic heterocycles. The molecular formula is C8H16O3. The van der Waals surface area contributed by atoms with Crippen LogP contribution >= 0.6 is 0 Å². The molecule has 1 saturated heterocycles. The number of hydrogen-bond donors (Lipinski definition) is 1. The van der Waals surface area contributed by atoms with Gasteiger partial charge >= 0.3 is 0 Å². The SMILES string of the molecule is CO[C@H]1C[C@H](O)O[C@H](C)[C@H]1C. The monoisotopic (exact) mass is 160 g/mol. The number of hydrogen-bond acceptors (Lipinski definition) is 3. The minimum absolute atomic E-state index is 0.0868. The molecule has 0 bridgehead atoms. The molecule has 0 spiro atoms. The van der Waals surface area contributed by atoms with Gasteiger partial charge in [0.2, 0.25) is 0 Å². The lowest BCUT2D eigenvalue weighted by Crippen LogP contribution is -2.42. The standard InChI is InChI=1S/C8H16O3/c1-5-6(2)11-8(9)4-7(5)10-3/h5-9H,4H2,1-3H3/t5-,6-,7+,8-/m1/s1. The van der Waals surface area contributed by atoms with Crippen molar-refractivity contribution < 1.29 is 14.6 Å². The molecule has 1 heterocycles. The molecule has 1 N–H and O–H groups in total. The molecule has 1 fully saturated rings. The average Bonchev–Trinajstić information content (AvgIpc) is 1.96. The van der Waals surface area contributed by atoms with Crippen LogP contribution in [0.2, 0.25) is 0 Å². The maximum Gasteiger partial charge on any atom is 0.157 e. The average molecular weight is 160 g/mol. The fourth-order valence-corrected chi connectivity index (χ4v) is 1.45. The quantitative estimate of drug-likeness (QED) is 0.615. The lowest BCUT2D eigenvalue weighted by molar-refractivity contribution is -0.210. The van der Waals surface area contributed by atoms with Crippen LogP contribution in [0, 0.1) is 5.92 Å². The van der Waals surface area contributed by atoms with E-state index < -0.39 is 6.29 Å². The summed E-state index contributed by atoms with van der Waals surface area (Å²) in [6.07, 6.45) is 0.158. The molecule has 1 aliphatic heterocycles. The highest BCUT2D eigenvalue weighted by atomic mass is 16.6. The van der Waals surface area contributed by atoms with E-state index >= 15 is 0 Å². The molecule has 4 atom stereocenters. The number of aliphatic hydroxyl groups excluding tert-OH is 1. The summed E-state index contributed by atoms with van der Waals surface area (Å²) < 4.78 is 10.4. The van der Waals surface area contributed by atoms with Gasteiger partial charge in [-0.15, -0.1) is 0 Å². The molecule has 0 aromatic carbocycles. The van der Waals surface area contributed by atoms with Crippen LogP contribution in [0.4, 0.5) is 0 Å². The maximum atomic E-state index is 9.20. The predicted octanol–water partition coefficient (Wildman–Crippen LogP) is 0.765. The van der Waals surface area contributed by atoms with E-state index in [1.807, 2.05) is 6.92 Å². The third kappa shape index (κ3) is 1.92. The zero-order chi connectivity index (χ0) is 8.43. The highest BCUT2D eigenvalue weighted by Gasteiger charge is 2.32. The second-order valence-electron chi connectivity index (χ2n) is 3.16. The van der Waals surface area contributed by atoms with Crippen molar-refractivity contribution in [1.82, 2.24) is 0 Å². The summed E-state index contributed by atoms with van der Waals surface area (Å²) in [6.45, 7) is 4.03. The number of aliphatic hydroxyl groups is 1. The molecule has 66 valence electrons. The van der Waals surface area contributed by atoms with Gasteiger partial charge in [-0.25, -0.2) is 0 Å². The van der Waals surface area contributed by atoms with Crippen LogP contribution in [-0.2, 0) is 9.47 Å². The Morgan fingerprint density at radius 1 is 1.45 bits per heavy atom. The van der Waals surface area contributed by atoms with Crippen molar-refractivity contribution in [2.75, 3.05) is 7.11 Å². The Hall–Kier alpha value is -0.120.